The number of rotatable bonds is 15. The van der Waals surface area contributed by atoms with Crippen LogP contribution in [0, 0.1) is 0 Å². The molecule has 4 aromatic heterocycles. The van der Waals surface area contributed by atoms with Crippen molar-refractivity contribution in [1.82, 2.24) is 39.0 Å². The molecular weight excluding hydrogens is 856 g/mol. The van der Waals surface area contributed by atoms with Gasteiger partial charge in [0.25, 0.3) is 0 Å². The number of imidazole rings is 2. The number of unbranched alkanes of at least 4 members (excludes halogenated alkanes) is 8. The van der Waals surface area contributed by atoms with Gasteiger partial charge in [-0.25, -0.2) is 43.2 Å². The third-order valence-corrected chi connectivity index (χ3v) is 14.7. The number of carbonyl (C=O) groups excluding carboxylic acids is 1. The fourth-order valence-corrected chi connectivity index (χ4v) is 10.8. The molecule has 330 valence electrons. The predicted molar refractivity (Wildman–Crippen MR) is 211 cm³/mol. The molecule has 5 N–H and O–H groups in total. The molecule has 21 nitrogen and oxygen atoms in total. The number of nitrogens with zero attached hydrogens (tertiary/aromatic N) is 8. The van der Waals surface area contributed by atoms with E-state index < -0.39 is 95.1 Å². The summed E-state index contributed by atoms with van der Waals surface area (Å²) in [6, 6.07) is 0. The molecule has 10 atom stereocenters. The van der Waals surface area contributed by atoms with Crippen LogP contribution in [0.4, 0.5) is 20.4 Å². The molecule has 3 fully saturated rings. The Kier molecular flexibility index (Phi) is 14.7. The maximum Gasteiger partial charge on any atom is 0.392 e. The van der Waals surface area contributed by atoms with E-state index in [9.17, 15) is 18.8 Å². The second kappa shape index (κ2) is 19.7. The molecule has 26 heteroatoms. The lowest BCUT2D eigenvalue weighted by molar-refractivity contribution is -0.141. The van der Waals surface area contributed by atoms with Crippen molar-refractivity contribution in [2.24, 2.45) is 0 Å². The lowest BCUT2D eigenvalue weighted by Crippen LogP contribution is -2.35. The summed E-state index contributed by atoms with van der Waals surface area (Å²) in [7, 11) is -4.72. The molecule has 0 spiro atoms. The Bertz CT molecular complexity index is 2190. The first kappa shape index (κ1) is 44.6. The zero-order valence-corrected chi connectivity index (χ0v) is 35.3. The molecule has 7 rings (SSSR count). The van der Waals surface area contributed by atoms with Crippen LogP contribution in [0.3, 0.4) is 0 Å². The maximum atomic E-state index is 16.7. The SMILES string of the molecule is CCCCCCCCCCCC(=O)OCSP1(=O)OC[C@H]2O[C@@H](n3cnc4c(N)ncnc43)[C@H](F)[C@@H]2OCP(=O)(O)OC[C@H]2O[C@@H](n3cnc4c(N)ncnc43)[C@H](F)[C@@H]2O1. The molecule has 0 amide bonds. The van der Waals surface area contributed by atoms with Gasteiger partial charge in [0, 0.05) is 17.8 Å². The summed E-state index contributed by atoms with van der Waals surface area (Å²) in [5.41, 5.74) is 12.4. The summed E-state index contributed by atoms with van der Waals surface area (Å²) in [6.45, 7) is -3.95. The number of alkyl halides is 2. The minimum atomic E-state index is -4.72. The number of nitrogen functional groups attached to an aromatic ring is 2. The summed E-state index contributed by atoms with van der Waals surface area (Å²) in [5, 5.41) is 0. The number of esters is 1. The van der Waals surface area contributed by atoms with Crippen LogP contribution in [0.15, 0.2) is 25.3 Å². The first-order valence-electron chi connectivity index (χ1n) is 19.6. The van der Waals surface area contributed by atoms with Gasteiger partial charge in [-0.1, -0.05) is 58.3 Å². The molecule has 0 saturated carbocycles. The lowest BCUT2D eigenvalue weighted by atomic mass is 10.1. The van der Waals surface area contributed by atoms with Crippen LogP contribution in [0.1, 0.15) is 83.6 Å². The number of ether oxygens (including phenoxy) is 4. The van der Waals surface area contributed by atoms with Crippen LogP contribution in [0.2, 0.25) is 0 Å². The van der Waals surface area contributed by atoms with Gasteiger partial charge in [0.2, 0.25) is 0 Å². The van der Waals surface area contributed by atoms with E-state index >= 15 is 8.78 Å². The molecule has 3 aliphatic rings. The van der Waals surface area contributed by atoms with Gasteiger partial charge in [-0.3, -0.25) is 27.5 Å². The van der Waals surface area contributed by atoms with Crippen molar-refractivity contribution in [2.45, 2.75) is 120 Å². The number of carbonyl (C=O) groups is 1. The van der Waals surface area contributed by atoms with E-state index in [1.807, 2.05) is 0 Å². The average Bonchev–Trinajstić information content (AvgIpc) is 3.99. The highest BCUT2D eigenvalue weighted by molar-refractivity contribution is 8.55. The highest BCUT2D eigenvalue weighted by Gasteiger charge is 2.54. The van der Waals surface area contributed by atoms with Gasteiger partial charge in [0.05, 0.1) is 25.9 Å². The van der Waals surface area contributed by atoms with E-state index in [0.717, 1.165) is 38.3 Å². The number of anilines is 2. The largest absolute Gasteiger partial charge is 0.454 e. The van der Waals surface area contributed by atoms with Crippen LogP contribution in [0.25, 0.3) is 22.3 Å². The highest BCUT2D eigenvalue weighted by atomic mass is 32.7. The molecule has 0 aromatic carbocycles. The average molecular weight is 905 g/mol. The highest BCUT2D eigenvalue weighted by Crippen LogP contribution is 2.63. The van der Waals surface area contributed by atoms with Crippen LogP contribution in [0.5, 0.6) is 0 Å². The number of fused-ring (bicyclic) bond motifs is 4. The van der Waals surface area contributed by atoms with E-state index in [2.05, 4.69) is 36.8 Å². The number of halogens is 2. The molecule has 3 aliphatic heterocycles. The third-order valence-electron chi connectivity index (χ3n) is 10.3. The van der Waals surface area contributed by atoms with Gasteiger partial charge in [0.15, 0.2) is 47.7 Å². The standard InChI is InChI=1S/C34H48F2N10O11P2S/c1-2-3-4-5-6-7-8-9-10-11-22(47)52-19-60-59(50)54-13-20-27(23(35)33(55-20)45-16-43-25-29(37)39-14-41-31(25)45)51-18-58(48,49)53-12-21-28(57-59)24(36)34(56-21)46-17-44-26-30(38)40-15-42-32(26)46/h14-17,20-21,23-24,27-28,33-34H,2-13,18-19H2,1H3,(H,48,49)(H2,37,39,41)(H2,38,40,42)/t20-,21-,23-,24-,27-,28-,33-,34-,59?/m1/s1. The zero-order chi connectivity index (χ0) is 42.4. The Morgan fingerprint density at radius 2 is 1.35 bits per heavy atom. The summed E-state index contributed by atoms with van der Waals surface area (Å²) >= 11 is 0.440. The van der Waals surface area contributed by atoms with Crippen LogP contribution in [-0.2, 0) is 46.4 Å². The van der Waals surface area contributed by atoms with Crippen molar-refractivity contribution in [3.63, 3.8) is 0 Å². The summed E-state index contributed by atoms with van der Waals surface area (Å²) in [4.78, 5) is 47.9. The van der Waals surface area contributed by atoms with Gasteiger partial charge >= 0.3 is 20.4 Å². The smallest absolute Gasteiger partial charge is 0.392 e. The monoisotopic (exact) mass is 904 g/mol. The van der Waals surface area contributed by atoms with Crippen molar-refractivity contribution in [2.75, 3.05) is 37.0 Å². The van der Waals surface area contributed by atoms with Gasteiger partial charge in [0.1, 0.15) is 60.4 Å². The summed E-state index contributed by atoms with van der Waals surface area (Å²) in [5.74, 6) is -1.04. The number of aromatic nitrogens is 8. The molecule has 0 bridgehead atoms. The predicted octanol–water partition coefficient (Wildman–Crippen LogP) is 5.52. The van der Waals surface area contributed by atoms with Crippen LogP contribution in [-0.4, -0.2) is 112 Å². The minimum absolute atomic E-state index is 0.0148. The van der Waals surface area contributed by atoms with Crippen LogP contribution >= 0.6 is 25.8 Å². The molecule has 7 heterocycles. The first-order chi connectivity index (χ1) is 28.9. The van der Waals surface area contributed by atoms with E-state index in [1.54, 1.807) is 0 Å². The Morgan fingerprint density at radius 3 is 1.95 bits per heavy atom. The van der Waals surface area contributed by atoms with Crippen molar-refractivity contribution in [3.8, 4) is 0 Å². The number of nitrogens with two attached hydrogens (primary N) is 2. The van der Waals surface area contributed by atoms with Crippen molar-refractivity contribution in [1.29, 1.82) is 0 Å². The second-order valence-electron chi connectivity index (χ2n) is 14.5. The third kappa shape index (κ3) is 10.3. The maximum absolute atomic E-state index is 16.7. The van der Waals surface area contributed by atoms with Crippen molar-refractivity contribution >= 4 is 65.7 Å². The van der Waals surface area contributed by atoms with Crippen molar-refractivity contribution in [3.05, 3.63) is 25.3 Å². The molecule has 0 radical (unpaired) electrons. The molecule has 4 aromatic rings. The van der Waals surface area contributed by atoms with E-state index in [-0.39, 0.29) is 40.4 Å². The topological polar surface area (TPSA) is 275 Å². The fraction of sp³-hybridized carbons (Fsp3) is 0.676. The van der Waals surface area contributed by atoms with E-state index in [4.69, 9.17) is 44.0 Å². The summed E-state index contributed by atoms with van der Waals surface area (Å²) in [6.07, 6.45) is -0.254. The molecule has 3 saturated heterocycles. The fourth-order valence-electron chi connectivity index (χ4n) is 7.17. The Morgan fingerprint density at radius 1 is 0.817 bits per heavy atom. The molecule has 2 unspecified atom stereocenters. The quantitative estimate of drug-likeness (QED) is 0.0573. The van der Waals surface area contributed by atoms with Gasteiger partial charge < -0.3 is 39.8 Å². The Hall–Kier alpha value is -3.44. The Labute approximate surface area is 346 Å². The van der Waals surface area contributed by atoms with E-state index in [0.29, 0.717) is 17.8 Å². The minimum Gasteiger partial charge on any atom is -0.454 e. The van der Waals surface area contributed by atoms with E-state index in [1.165, 1.54) is 47.5 Å². The first-order valence-corrected chi connectivity index (χ1v) is 24.5. The van der Waals surface area contributed by atoms with Crippen LogP contribution < -0.4 is 11.5 Å². The number of hydrogen-bond acceptors (Lipinski definition) is 19. The van der Waals surface area contributed by atoms with Gasteiger partial charge in [-0.05, 0) is 6.42 Å². The van der Waals surface area contributed by atoms with Crippen molar-refractivity contribution < 1.29 is 60.1 Å². The van der Waals surface area contributed by atoms with Gasteiger partial charge in [-0.15, -0.1) is 0 Å². The molecular formula is C34H48F2N10O11P2S. The second-order valence-corrected chi connectivity index (χ2v) is 20.3. The zero-order valence-electron chi connectivity index (χ0n) is 32.6. The number of hydrogen-bond donors (Lipinski definition) is 3. The summed E-state index contributed by atoms with van der Waals surface area (Å²) < 4.78 is 104. The molecule has 60 heavy (non-hydrogen) atoms. The van der Waals surface area contributed by atoms with Gasteiger partial charge in [-0.2, -0.15) is 0 Å². The normalized spacial score (nSPS) is 31.3. The lowest BCUT2D eigenvalue weighted by Gasteiger charge is -2.26. The molecule has 0 aliphatic carbocycles. The Balaban J connectivity index is 1.09.